The van der Waals surface area contributed by atoms with Crippen molar-refractivity contribution in [3.05, 3.63) is 0 Å². The van der Waals surface area contributed by atoms with Gasteiger partial charge in [-0.2, -0.15) is 0 Å². The predicted molar refractivity (Wildman–Crippen MR) is 76.7 cm³/mol. The molecule has 4 heteroatoms. The standard InChI is InChI=1S/C15H30N2O2/c1-14(2)10-12(15(3,4)19-14)13(17-16)9-11-7-5-6-8-18-11/h11-13,17H,5-10,16H2,1-4H3. The number of hydrogen-bond donors (Lipinski definition) is 2. The van der Waals surface area contributed by atoms with E-state index in [0.717, 1.165) is 25.9 Å². The van der Waals surface area contributed by atoms with Gasteiger partial charge < -0.3 is 9.47 Å². The van der Waals surface area contributed by atoms with Crippen LogP contribution in [0.25, 0.3) is 0 Å². The Morgan fingerprint density at radius 3 is 2.47 bits per heavy atom. The topological polar surface area (TPSA) is 56.5 Å². The third-order valence-corrected chi connectivity index (χ3v) is 4.63. The monoisotopic (exact) mass is 270 g/mol. The van der Waals surface area contributed by atoms with Gasteiger partial charge in [0.25, 0.3) is 0 Å². The number of rotatable bonds is 4. The van der Waals surface area contributed by atoms with Gasteiger partial charge in [-0.1, -0.05) is 0 Å². The van der Waals surface area contributed by atoms with Crippen LogP contribution >= 0.6 is 0 Å². The lowest BCUT2D eigenvalue weighted by Crippen LogP contribution is -2.49. The van der Waals surface area contributed by atoms with Crippen LogP contribution < -0.4 is 11.3 Å². The minimum atomic E-state index is -0.130. The second-order valence-corrected chi connectivity index (χ2v) is 7.27. The van der Waals surface area contributed by atoms with E-state index in [1.165, 1.54) is 12.8 Å². The first-order valence-electron chi connectivity index (χ1n) is 7.62. The lowest BCUT2D eigenvalue weighted by Gasteiger charge is -2.35. The number of hydrazine groups is 1. The van der Waals surface area contributed by atoms with Crippen molar-refractivity contribution in [1.29, 1.82) is 0 Å². The van der Waals surface area contributed by atoms with Gasteiger partial charge >= 0.3 is 0 Å². The van der Waals surface area contributed by atoms with E-state index in [4.69, 9.17) is 15.3 Å². The van der Waals surface area contributed by atoms with Crippen molar-refractivity contribution in [3.8, 4) is 0 Å². The average molecular weight is 270 g/mol. The van der Waals surface area contributed by atoms with Crippen molar-refractivity contribution in [2.45, 2.75) is 83.1 Å². The highest BCUT2D eigenvalue weighted by molar-refractivity contribution is 4.99. The lowest BCUT2D eigenvalue weighted by atomic mass is 9.79. The van der Waals surface area contributed by atoms with Crippen LogP contribution in [-0.4, -0.2) is 30.0 Å². The third-order valence-electron chi connectivity index (χ3n) is 4.63. The molecule has 0 saturated carbocycles. The largest absolute Gasteiger partial charge is 0.378 e. The summed E-state index contributed by atoms with van der Waals surface area (Å²) in [4.78, 5) is 0. The zero-order valence-electron chi connectivity index (χ0n) is 12.9. The van der Waals surface area contributed by atoms with Crippen LogP contribution in [0.4, 0.5) is 0 Å². The van der Waals surface area contributed by atoms with Crippen LogP contribution in [0.1, 0.15) is 59.8 Å². The third kappa shape index (κ3) is 3.69. The van der Waals surface area contributed by atoms with Crippen molar-refractivity contribution in [1.82, 2.24) is 5.43 Å². The van der Waals surface area contributed by atoms with Crippen LogP contribution in [0, 0.1) is 5.92 Å². The molecule has 4 nitrogen and oxygen atoms in total. The van der Waals surface area contributed by atoms with Gasteiger partial charge in [0.1, 0.15) is 0 Å². The number of nitrogens with one attached hydrogen (secondary N) is 1. The fourth-order valence-electron chi connectivity index (χ4n) is 3.86. The smallest absolute Gasteiger partial charge is 0.0678 e. The molecule has 0 aromatic carbocycles. The van der Waals surface area contributed by atoms with E-state index in [9.17, 15) is 0 Å². The van der Waals surface area contributed by atoms with Gasteiger partial charge in [-0.25, -0.2) is 0 Å². The van der Waals surface area contributed by atoms with Crippen LogP contribution in [-0.2, 0) is 9.47 Å². The fraction of sp³-hybridized carbons (Fsp3) is 1.00. The summed E-state index contributed by atoms with van der Waals surface area (Å²) in [6, 6.07) is 0.264. The molecule has 0 aromatic rings. The Hall–Kier alpha value is -0.160. The molecule has 2 heterocycles. The summed E-state index contributed by atoms with van der Waals surface area (Å²) in [5, 5.41) is 0. The quantitative estimate of drug-likeness (QED) is 0.608. The molecule has 2 aliphatic heterocycles. The Balaban J connectivity index is 2.00. The van der Waals surface area contributed by atoms with E-state index in [-0.39, 0.29) is 17.2 Å². The van der Waals surface area contributed by atoms with Gasteiger partial charge in [-0.3, -0.25) is 11.3 Å². The van der Waals surface area contributed by atoms with E-state index in [2.05, 4.69) is 33.1 Å². The molecular weight excluding hydrogens is 240 g/mol. The summed E-state index contributed by atoms with van der Waals surface area (Å²) in [6.45, 7) is 9.59. The van der Waals surface area contributed by atoms with Crippen molar-refractivity contribution in [2.75, 3.05) is 6.61 Å². The molecule has 3 atom stereocenters. The Morgan fingerprint density at radius 1 is 1.26 bits per heavy atom. The SMILES string of the molecule is CC1(C)CC(C(CC2CCCCO2)NN)C(C)(C)O1. The summed E-state index contributed by atoms with van der Waals surface area (Å²) in [5.41, 5.74) is 2.84. The molecule has 2 saturated heterocycles. The Kier molecular flexibility index (Phi) is 4.56. The molecule has 0 bridgehead atoms. The van der Waals surface area contributed by atoms with Crippen molar-refractivity contribution in [3.63, 3.8) is 0 Å². The lowest BCUT2D eigenvalue weighted by molar-refractivity contribution is -0.0804. The van der Waals surface area contributed by atoms with E-state index in [1.54, 1.807) is 0 Å². The Morgan fingerprint density at radius 2 is 2.00 bits per heavy atom. The van der Waals surface area contributed by atoms with Gasteiger partial charge in [0.15, 0.2) is 0 Å². The molecule has 3 N–H and O–H groups in total. The van der Waals surface area contributed by atoms with Gasteiger partial charge in [-0.05, 0) is 59.8 Å². The molecule has 3 unspecified atom stereocenters. The molecule has 0 spiro atoms. The number of nitrogens with two attached hydrogens (primary N) is 1. The summed E-state index contributed by atoms with van der Waals surface area (Å²) >= 11 is 0. The predicted octanol–water partition coefficient (Wildman–Crippen LogP) is 2.37. The van der Waals surface area contributed by atoms with E-state index < -0.39 is 0 Å². The molecule has 2 aliphatic rings. The second-order valence-electron chi connectivity index (χ2n) is 7.27. The molecule has 112 valence electrons. The number of hydrogen-bond acceptors (Lipinski definition) is 4. The second kappa shape index (κ2) is 5.68. The molecule has 0 aliphatic carbocycles. The Labute approximate surface area is 117 Å². The molecule has 0 radical (unpaired) electrons. The van der Waals surface area contributed by atoms with Crippen LogP contribution in [0.2, 0.25) is 0 Å². The molecule has 0 aromatic heterocycles. The zero-order valence-corrected chi connectivity index (χ0v) is 12.9. The van der Waals surface area contributed by atoms with Gasteiger partial charge in [0, 0.05) is 18.6 Å². The molecule has 2 fully saturated rings. The van der Waals surface area contributed by atoms with Gasteiger partial charge in [0.2, 0.25) is 0 Å². The van der Waals surface area contributed by atoms with E-state index in [0.29, 0.717) is 12.0 Å². The maximum Gasteiger partial charge on any atom is 0.0678 e. The van der Waals surface area contributed by atoms with Gasteiger partial charge in [-0.15, -0.1) is 0 Å². The summed E-state index contributed by atoms with van der Waals surface area (Å²) in [5.74, 6) is 6.25. The minimum Gasteiger partial charge on any atom is -0.378 e. The first-order chi connectivity index (χ1) is 8.84. The average Bonchev–Trinajstić information content (AvgIpc) is 2.55. The summed E-state index contributed by atoms with van der Waals surface area (Å²) in [6.07, 6.45) is 6.02. The van der Waals surface area contributed by atoms with Crippen LogP contribution in [0.3, 0.4) is 0 Å². The summed E-state index contributed by atoms with van der Waals surface area (Å²) in [7, 11) is 0. The molecule has 2 rings (SSSR count). The fourth-order valence-corrected chi connectivity index (χ4v) is 3.86. The highest BCUT2D eigenvalue weighted by Gasteiger charge is 2.49. The van der Waals surface area contributed by atoms with E-state index in [1.807, 2.05) is 0 Å². The molecule has 0 amide bonds. The highest BCUT2D eigenvalue weighted by Crippen LogP contribution is 2.44. The first kappa shape index (κ1) is 15.2. The number of ether oxygens (including phenoxy) is 2. The van der Waals surface area contributed by atoms with Crippen LogP contribution in [0.5, 0.6) is 0 Å². The molecular formula is C15H30N2O2. The zero-order chi connectivity index (χ0) is 14.1. The van der Waals surface area contributed by atoms with E-state index >= 15 is 0 Å². The highest BCUT2D eigenvalue weighted by atomic mass is 16.5. The Bertz CT molecular complexity index is 299. The first-order valence-corrected chi connectivity index (χ1v) is 7.62. The maximum atomic E-state index is 6.18. The van der Waals surface area contributed by atoms with Gasteiger partial charge in [0.05, 0.1) is 17.3 Å². The van der Waals surface area contributed by atoms with Crippen molar-refractivity contribution >= 4 is 0 Å². The molecule has 19 heavy (non-hydrogen) atoms. The summed E-state index contributed by atoms with van der Waals surface area (Å²) < 4.78 is 12.0. The maximum absolute atomic E-state index is 6.18. The normalized spacial score (nSPS) is 35.2. The van der Waals surface area contributed by atoms with Crippen LogP contribution in [0.15, 0.2) is 0 Å². The minimum absolute atomic E-state index is 0.0588. The van der Waals surface area contributed by atoms with Crippen molar-refractivity contribution in [2.24, 2.45) is 11.8 Å². The van der Waals surface area contributed by atoms with Crippen molar-refractivity contribution < 1.29 is 9.47 Å².